The Morgan fingerprint density at radius 3 is 2.50 bits per heavy atom. The summed E-state index contributed by atoms with van der Waals surface area (Å²) in [5.74, 6) is 1.19. The molecule has 0 spiro atoms. The molecule has 0 saturated carbocycles. The fourth-order valence-corrected chi connectivity index (χ4v) is 6.19. The molecule has 5 rings (SSSR count). The maximum Gasteiger partial charge on any atom is 0.338 e. The standard InChI is InChI=1S/C29H24BrN3O8S/c1-5-40-28(35)25-15(2)31-29-32(26(25)19-13-22(38-3)23(39-4)14-20(19)30)27(34)24(42-29)12-18-10-11-21(41-18)16-6-8-17(9-7-16)33(36)37/h6-14,26H,5H2,1-4H3. The molecule has 0 bridgehead atoms. The van der Waals surface area contributed by atoms with Gasteiger partial charge in [-0.05, 0) is 55.8 Å². The molecule has 4 aromatic rings. The van der Waals surface area contributed by atoms with Crippen molar-refractivity contribution in [1.82, 2.24) is 4.57 Å². The number of ether oxygens (including phenoxy) is 3. The number of nitrogens with zero attached hydrogens (tertiary/aromatic N) is 3. The number of hydrogen-bond donors (Lipinski definition) is 0. The third kappa shape index (κ3) is 5.28. The predicted octanol–water partition coefficient (Wildman–Crippen LogP) is 4.75. The van der Waals surface area contributed by atoms with Crippen molar-refractivity contribution in [3.05, 3.63) is 105 Å². The van der Waals surface area contributed by atoms with Crippen LogP contribution in [0.2, 0.25) is 0 Å². The smallest absolute Gasteiger partial charge is 0.338 e. The number of fused-ring (bicyclic) bond motifs is 1. The van der Waals surface area contributed by atoms with Crippen LogP contribution in [-0.4, -0.2) is 36.3 Å². The van der Waals surface area contributed by atoms with Crippen molar-refractivity contribution >= 4 is 45.0 Å². The summed E-state index contributed by atoms with van der Waals surface area (Å²) in [6, 6.07) is 11.9. The molecule has 3 heterocycles. The van der Waals surface area contributed by atoms with E-state index >= 15 is 0 Å². The summed E-state index contributed by atoms with van der Waals surface area (Å²) < 4.78 is 24.6. The van der Waals surface area contributed by atoms with Gasteiger partial charge in [0.2, 0.25) is 0 Å². The minimum atomic E-state index is -0.871. The van der Waals surface area contributed by atoms with Crippen LogP contribution < -0.4 is 24.4 Å². The number of furan rings is 1. The number of allylic oxidation sites excluding steroid dienone is 1. The number of aromatic nitrogens is 1. The average Bonchev–Trinajstić information content (AvgIpc) is 3.56. The number of halogens is 1. The average molecular weight is 654 g/mol. The van der Waals surface area contributed by atoms with Crippen molar-refractivity contribution < 1.29 is 28.3 Å². The number of hydrogen-bond acceptors (Lipinski definition) is 10. The summed E-state index contributed by atoms with van der Waals surface area (Å²) in [4.78, 5) is 42.6. The van der Waals surface area contributed by atoms with Crippen molar-refractivity contribution in [3.63, 3.8) is 0 Å². The number of non-ortho nitro benzene ring substituents is 1. The van der Waals surface area contributed by atoms with Crippen molar-refractivity contribution in [2.24, 2.45) is 4.99 Å². The van der Waals surface area contributed by atoms with E-state index in [2.05, 4.69) is 20.9 Å². The Hall–Kier alpha value is -4.49. The summed E-state index contributed by atoms with van der Waals surface area (Å²) in [7, 11) is 3.02. The minimum Gasteiger partial charge on any atom is -0.493 e. The maximum absolute atomic E-state index is 13.9. The van der Waals surface area contributed by atoms with Crippen LogP contribution in [0.4, 0.5) is 5.69 Å². The number of carbonyl (C=O) groups is 1. The number of carbonyl (C=O) groups excluding carboxylic acids is 1. The molecule has 0 amide bonds. The first-order valence-corrected chi connectivity index (χ1v) is 14.2. The molecule has 0 saturated heterocycles. The van der Waals surface area contributed by atoms with Crippen molar-refractivity contribution in [2.45, 2.75) is 19.9 Å². The van der Waals surface area contributed by atoms with Gasteiger partial charge in [-0.15, -0.1) is 0 Å². The van der Waals surface area contributed by atoms with E-state index in [-0.39, 0.29) is 23.4 Å². The summed E-state index contributed by atoms with van der Waals surface area (Å²) >= 11 is 4.74. The number of nitro groups is 1. The highest BCUT2D eigenvalue weighted by molar-refractivity contribution is 9.10. The molecular weight excluding hydrogens is 630 g/mol. The van der Waals surface area contributed by atoms with Crippen molar-refractivity contribution in [2.75, 3.05) is 20.8 Å². The molecule has 0 N–H and O–H groups in total. The Morgan fingerprint density at radius 2 is 1.86 bits per heavy atom. The molecule has 42 heavy (non-hydrogen) atoms. The first-order valence-electron chi connectivity index (χ1n) is 12.6. The van der Waals surface area contributed by atoms with Crippen LogP contribution in [0.15, 0.2) is 78.5 Å². The van der Waals surface area contributed by atoms with Crippen LogP contribution in [-0.2, 0) is 9.53 Å². The normalized spacial score (nSPS) is 14.8. The Bertz CT molecular complexity index is 1920. The second-order valence-electron chi connectivity index (χ2n) is 9.04. The van der Waals surface area contributed by atoms with Crippen molar-refractivity contribution in [3.8, 4) is 22.8 Å². The number of thiazole rings is 1. The number of methoxy groups -OCH3 is 2. The highest BCUT2D eigenvalue weighted by atomic mass is 79.9. The third-order valence-electron chi connectivity index (χ3n) is 6.58. The van der Waals surface area contributed by atoms with Gasteiger partial charge in [-0.3, -0.25) is 19.5 Å². The van der Waals surface area contributed by atoms with Gasteiger partial charge >= 0.3 is 5.97 Å². The quantitative estimate of drug-likeness (QED) is 0.151. The number of benzene rings is 2. The fourth-order valence-electron chi connectivity index (χ4n) is 4.63. The van der Waals surface area contributed by atoms with Gasteiger partial charge in [0.1, 0.15) is 11.5 Å². The second kappa shape index (κ2) is 11.8. The van der Waals surface area contributed by atoms with E-state index in [9.17, 15) is 19.7 Å². The van der Waals surface area contributed by atoms with Gasteiger partial charge in [-0.2, -0.15) is 0 Å². The molecule has 1 aliphatic heterocycles. The molecule has 1 unspecified atom stereocenters. The first kappa shape index (κ1) is 29.0. The van der Waals surface area contributed by atoms with Gasteiger partial charge in [0.25, 0.3) is 11.2 Å². The zero-order chi connectivity index (χ0) is 30.1. The summed E-state index contributed by atoms with van der Waals surface area (Å²) in [6.45, 7) is 3.56. The number of nitro benzene ring substituents is 1. The zero-order valence-corrected chi connectivity index (χ0v) is 25.3. The van der Waals surface area contributed by atoms with E-state index in [0.29, 0.717) is 53.6 Å². The van der Waals surface area contributed by atoms with Crippen LogP contribution >= 0.6 is 27.3 Å². The fraction of sp³-hybridized carbons (Fsp3) is 0.207. The van der Waals surface area contributed by atoms with Crippen LogP contribution in [0.1, 0.15) is 31.2 Å². The van der Waals surface area contributed by atoms with E-state index in [1.807, 2.05) is 0 Å². The highest BCUT2D eigenvalue weighted by Crippen LogP contribution is 2.40. The summed E-state index contributed by atoms with van der Waals surface area (Å²) in [6.07, 6.45) is 1.60. The molecule has 1 atom stereocenters. The number of rotatable bonds is 8. The second-order valence-corrected chi connectivity index (χ2v) is 10.9. The monoisotopic (exact) mass is 653 g/mol. The highest BCUT2D eigenvalue weighted by Gasteiger charge is 2.35. The van der Waals surface area contributed by atoms with Crippen LogP contribution in [0.5, 0.6) is 11.5 Å². The maximum atomic E-state index is 13.9. The van der Waals surface area contributed by atoms with Gasteiger partial charge < -0.3 is 18.6 Å². The van der Waals surface area contributed by atoms with Crippen LogP contribution in [0.3, 0.4) is 0 Å². The molecule has 0 aliphatic carbocycles. The number of esters is 1. The Morgan fingerprint density at radius 1 is 1.17 bits per heavy atom. The lowest BCUT2D eigenvalue weighted by atomic mass is 9.95. The Kier molecular flexibility index (Phi) is 8.14. The third-order valence-corrected chi connectivity index (χ3v) is 8.25. The van der Waals surface area contributed by atoms with E-state index in [4.69, 9.17) is 18.6 Å². The van der Waals surface area contributed by atoms with Gasteiger partial charge in [0.05, 0.1) is 47.6 Å². The Balaban J connectivity index is 1.65. The van der Waals surface area contributed by atoms with E-state index in [1.165, 1.54) is 30.9 Å². The largest absolute Gasteiger partial charge is 0.493 e. The van der Waals surface area contributed by atoms with E-state index in [1.54, 1.807) is 56.3 Å². The molecule has 0 fully saturated rings. The lowest BCUT2D eigenvalue weighted by molar-refractivity contribution is -0.384. The molecule has 13 heteroatoms. The van der Waals surface area contributed by atoms with Gasteiger partial charge in [0.15, 0.2) is 16.3 Å². The van der Waals surface area contributed by atoms with Crippen molar-refractivity contribution in [1.29, 1.82) is 0 Å². The Labute approximate surface area is 251 Å². The SMILES string of the molecule is CCOC(=O)C1=C(C)N=c2sc(=Cc3ccc(-c4ccc([N+](=O)[O-])cc4)o3)c(=O)n2C1c1cc(OC)c(OC)cc1Br. The molecule has 11 nitrogen and oxygen atoms in total. The predicted molar refractivity (Wildman–Crippen MR) is 158 cm³/mol. The van der Waals surface area contributed by atoms with E-state index in [0.717, 1.165) is 11.3 Å². The minimum absolute atomic E-state index is 0.0280. The molecule has 216 valence electrons. The van der Waals surface area contributed by atoms with E-state index < -0.39 is 16.9 Å². The lowest BCUT2D eigenvalue weighted by Crippen LogP contribution is -2.40. The first-order chi connectivity index (χ1) is 20.2. The summed E-state index contributed by atoms with van der Waals surface area (Å²) in [5.41, 5.74) is 1.47. The summed E-state index contributed by atoms with van der Waals surface area (Å²) in [5, 5.41) is 11.0. The lowest BCUT2D eigenvalue weighted by Gasteiger charge is -2.26. The molecule has 2 aromatic carbocycles. The molecule has 2 aromatic heterocycles. The molecule has 0 radical (unpaired) electrons. The van der Waals surface area contributed by atoms with Crippen LogP contribution in [0, 0.1) is 10.1 Å². The van der Waals surface area contributed by atoms with Gasteiger partial charge in [-0.25, -0.2) is 9.79 Å². The van der Waals surface area contributed by atoms with Gasteiger partial charge in [-0.1, -0.05) is 27.3 Å². The molecule has 1 aliphatic rings. The van der Waals surface area contributed by atoms with Gasteiger partial charge in [0, 0.05) is 28.2 Å². The van der Waals surface area contributed by atoms with Crippen LogP contribution in [0.25, 0.3) is 17.4 Å². The topological polar surface area (TPSA) is 135 Å². The molecular formula is C29H24BrN3O8S. The zero-order valence-electron chi connectivity index (χ0n) is 22.9.